The molecule has 255 valence electrons. The van der Waals surface area contributed by atoms with Crippen molar-refractivity contribution in [3.63, 3.8) is 0 Å². The minimum Gasteiger partial charge on any atom is -0.305 e. The smallest absolute Gasteiger partial charge is 0.0242 e. The van der Waals surface area contributed by atoms with Gasteiger partial charge < -0.3 is 9.97 Å². The monoisotopic (exact) mass is 823 g/mol. The minimum absolute atomic E-state index is 0. The molecule has 0 N–H and O–H groups in total. The average Bonchev–Trinajstić information content (AvgIpc) is 3.19. The van der Waals surface area contributed by atoms with E-state index in [0.29, 0.717) is 10.8 Å². The van der Waals surface area contributed by atoms with E-state index in [9.17, 15) is 0 Å². The van der Waals surface area contributed by atoms with Crippen molar-refractivity contribution in [2.24, 2.45) is 5.41 Å². The van der Waals surface area contributed by atoms with Gasteiger partial charge in [0.15, 0.2) is 0 Å². The third-order valence-corrected chi connectivity index (χ3v) is 13.5. The summed E-state index contributed by atoms with van der Waals surface area (Å²) in [6.45, 7) is 21.3. The average molecular weight is 823 g/mol. The van der Waals surface area contributed by atoms with Crippen molar-refractivity contribution in [2.45, 2.75) is 110 Å². The SMILES string of the molecule is CC12CCC(C)(CC1)c1cc(-c3ccccn3)[c-]cc12.Cc1cc(-c2[c-]cc3c(c2)C(C)(C)C(C)(C)C3(C)C)ncc1-c1ccccc1.[Ir]. The first kappa shape index (κ1) is 35.4. The van der Waals surface area contributed by atoms with Crippen LogP contribution < -0.4 is 0 Å². The van der Waals surface area contributed by atoms with Crippen molar-refractivity contribution < 1.29 is 20.1 Å². The molecule has 0 aliphatic heterocycles. The van der Waals surface area contributed by atoms with Crippen LogP contribution in [0.5, 0.6) is 0 Å². The van der Waals surface area contributed by atoms with Crippen LogP contribution in [0.1, 0.15) is 109 Å². The van der Waals surface area contributed by atoms with Crippen molar-refractivity contribution in [2.75, 3.05) is 0 Å². The maximum absolute atomic E-state index is 4.80. The Morgan fingerprint density at radius 3 is 1.73 bits per heavy atom. The summed E-state index contributed by atoms with van der Waals surface area (Å²) in [7, 11) is 0. The number of fused-ring (bicyclic) bond motifs is 3. The van der Waals surface area contributed by atoms with Crippen LogP contribution in [0.3, 0.4) is 0 Å². The number of aryl methyl sites for hydroxylation is 1. The van der Waals surface area contributed by atoms with Gasteiger partial charge in [-0.1, -0.05) is 117 Å². The maximum atomic E-state index is 4.80. The van der Waals surface area contributed by atoms with Gasteiger partial charge in [-0.05, 0) is 75.4 Å². The fourth-order valence-corrected chi connectivity index (χ4v) is 8.80. The van der Waals surface area contributed by atoms with Gasteiger partial charge in [0.1, 0.15) is 0 Å². The van der Waals surface area contributed by atoms with Gasteiger partial charge >= 0.3 is 0 Å². The predicted octanol–water partition coefficient (Wildman–Crippen LogP) is 11.8. The number of aromatic nitrogens is 2. The predicted molar refractivity (Wildman–Crippen MR) is 200 cm³/mol. The van der Waals surface area contributed by atoms with Gasteiger partial charge in [-0.15, -0.1) is 69.8 Å². The standard InChI is InChI=1S/C27H30N.C19H20N.Ir/c1-18-15-24(28-17-21(18)19-11-9-8-10-12-19)20-13-14-22-23(16-20)26(4,5)27(6,7)25(22,2)3;1-18-8-10-19(2,11-9-18)16-13-14(6-7-15(16)18)17-5-3-4-12-20-17;/h8-12,14-17H,1-7H3;3-5,7,12-13H,8-11H2,1-2H3;/q2*-1;. The van der Waals surface area contributed by atoms with Crippen molar-refractivity contribution in [3.05, 3.63) is 131 Å². The second-order valence-electron chi connectivity index (χ2n) is 16.8. The summed E-state index contributed by atoms with van der Waals surface area (Å²) < 4.78 is 0. The molecule has 9 rings (SSSR count). The Balaban J connectivity index is 0.000000175. The quantitative estimate of drug-likeness (QED) is 0.169. The Morgan fingerprint density at radius 2 is 1.12 bits per heavy atom. The Morgan fingerprint density at radius 1 is 0.571 bits per heavy atom. The molecular weight excluding hydrogens is 773 g/mol. The molecule has 1 radical (unpaired) electrons. The van der Waals surface area contributed by atoms with Crippen LogP contribution in [0.4, 0.5) is 0 Å². The van der Waals surface area contributed by atoms with E-state index >= 15 is 0 Å². The van der Waals surface area contributed by atoms with Crippen LogP contribution in [-0.2, 0) is 41.8 Å². The molecule has 49 heavy (non-hydrogen) atoms. The zero-order valence-electron chi connectivity index (χ0n) is 30.7. The van der Waals surface area contributed by atoms with E-state index in [1.165, 1.54) is 59.1 Å². The molecule has 2 aromatic heterocycles. The first-order chi connectivity index (χ1) is 22.7. The molecular formula is C46H50IrN2-2. The van der Waals surface area contributed by atoms with Crippen LogP contribution in [0.2, 0.25) is 0 Å². The molecule has 1 saturated carbocycles. The normalized spacial score (nSPS) is 23.4. The van der Waals surface area contributed by atoms with Crippen molar-refractivity contribution in [3.8, 4) is 33.6 Å². The van der Waals surface area contributed by atoms with Gasteiger partial charge in [-0.3, -0.25) is 0 Å². The number of rotatable bonds is 3. The number of benzene rings is 3. The van der Waals surface area contributed by atoms with E-state index in [0.717, 1.165) is 22.5 Å². The summed E-state index contributed by atoms with van der Waals surface area (Å²) in [5, 5.41) is 0. The van der Waals surface area contributed by atoms with Crippen molar-refractivity contribution in [1.29, 1.82) is 0 Å². The summed E-state index contributed by atoms with van der Waals surface area (Å²) in [5.41, 5.74) is 15.0. The summed E-state index contributed by atoms with van der Waals surface area (Å²) in [6.07, 6.45) is 9.16. The molecule has 3 aromatic carbocycles. The van der Waals surface area contributed by atoms with Gasteiger partial charge in [0.05, 0.1) is 0 Å². The van der Waals surface area contributed by atoms with Crippen molar-refractivity contribution in [1.82, 2.24) is 9.97 Å². The first-order valence-electron chi connectivity index (χ1n) is 17.8. The molecule has 0 unspecified atom stereocenters. The zero-order valence-corrected chi connectivity index (χ0v) is 33.1. The molecule has 4 aliphatic rings. The van der Waals surface area contributed by atoms with E-state index in [1.54, 1.807) is 5.56 Å². The Kier molecular flexibility index (Phi) is 8.99. The molecule has 2 heterocycles. The summed E-state index contributed by atoms with van der Waals surface area (Å²) >= 11 is 0. The van der Waals surface area contributed by atoms with Gasteiger partial charge in [0.2, 0.25) is 0 Å². The molecule has 0 spiro atoms. The molecule has 0 amide bonds. The van der Waals surface area contributed by atoms with E-state index in [2.05, 4.69) is 140 Å². The third kappa shape index (κ3) is 5.66. The van der Waals surface area contributed by atoms with E-state index in [4.69, 9.17) is 4.98 Å². The number of pyridine rings is 2. The van der Waals surface area contributed by atoms with Gasteiger partial charge in [-0.25, -0.2) is 0 Å². The summed E-state index contributed by atoms with van der Waals surface area (Å²) in [5.74, 6) is 0. The molecule has 0 atom stereocenters. The number of nitrogens with zero attached hydrogens (tertiary/aromatic N) is 2. The Hall–Kier alpha value is -3.39. The van der Waals surface area contributed by atoms with Crippen molar-refractivity contribution >= 4 is 0 Å². The summed E-state index contributed by atoms with van der Waals surface area (Å²) in [4.78, 5) is 9.27. The van der Waals surface area contributed by atoms with Crippen LogP contribution in [0, 0.1) is 24.5 Å². The van der Waals surface area contributed by atoms with Gasteiger partial charge in [-0.2, -0.15) is 0 Å². The van der Waals surface area contributed by atoms with Crippen LogP contribution >= 0.6 is 0 Å². The Bertz CT molecular complexity index is 1980. The number of hydrogen-bond acceptors (Lipinski definition) is 2. The van der Waals surface area contributed by atoms with Crippen LogP contribution in [0.25, 0.3) is 33.6 Å². The van der Waals surface area contributed by atoms with Gasteiger partial charge in [0.25, 0.3) is 0 Å². The summed E-state index contributed by atoms with van der Waals surface area (Å²) in [6, 6.07) is 34.9. The topological polar surface area (TPSA) is 25.8 Å². The second kappa shape index (κ2) is 12.4. The fourth-order valence-electron chi connectivity index (χ4n) is 8.80. The maximum Gasteiger partial charge on any atom is 0.0242 e. The molecule has 1 fully saturated rings. The van der Waals surface area contributed by atoms with Gasteiger partial charge in [0, 0.05) is 38.1 Å². The minimum atomic E-state index is 0. The molecule has 2 bridgehead atoms. The van der Waals surface area contributed by atoms with E-state index in [-0.39, 0.29) is 36.4 Å². The zero-order chi connectivity index (χ0) is 34.1. The fraction of sp³-hybridized carbons (Fsp3) is 0.391. The first-order valence-corrected chi connectivity index (χ1v) is 17.8. The molecule has 4 aliphatic carbocycles. The van der Waals surface area contributed by atoms with E-state index < -0.39 is 0 Å². The molecule has 3 heteroatoms. The molecule has 0 saturated heterocycles. The molecule has 2 nitrogen and oxygen atoms in total. The van der Waals surface area contributed by atoms with Crippen LogP contribution in [-0.4, -0.2) is 9.97 Å². The second-order valence-corrected chi connectivity index (χ2v) is 16.8. The third-order valence-electron chi connectivity index (χ3n) is 13.5. The van der Waals surface area contributed by atoms with Crippen LogP contribution in [0.15, 0.2) is 91.3 Å². The largest absolute Gasteiger partial charge is 0.305 e. The van der Waals surface area contributed by atoms with E-state index in [1.807, 2.05) is 30.6 Å². The molecule has 5 aromatic rings. The number of hydrogen-bond donors (Lipinski definition) is 0. The Labute approximate surface area is 308 Å².